The van der Waals surface area contributed by atoms with Crippen LogP contribution >= 0.6 is 23.2 Å². The second kappa shape index (κ2) is 7.38. The predicted molar refractivity (Wildman–Crippen MR) is 89.6 cm³/mol. The summed E-state index contributed by atoms with van der Waals surface area (Å²) in [5.41, 5.74) is 0.142. The van der Waals surface area contributed by atoms with Gasteiger partial charge in [-0.15, -0.1) is 0 Å². The molecule has 9 heteroatoms. The molecule has 2 aromatic rings. The number of carbonyl (C=O) groups is 1. The lowest BCUT2D eigenvalue weighted by molar-refractivity contribution is -0.136. The van der Waals surface area contributed by atoms with Gasteiger partial charge in [-0.3, -0.25) is 9.10 Å². The maximum Gasteiger partial charge on any atom is 0.305 e. The van der Waals surface area contributed by atoms with Crippen LogP contribution in [0.25, 0.3) is 0 Å². The molecular weight excluding hydrogens is 380 g/mol. The van der Waals surface area contributed by atoms with E-state index >= 15 is 0 Å². The van der Waals surface area contributed by atoms with Gasteiger partial charge in [-0.1, -0.05) is 23.2 Å². The summed E-state index contributed by atoms with van der Waals surface area (Å²) in [7, 11) is -4.10. The molecule has 0 fully saturated rings. The van der Waals surface area contributed by atoms with Crippen LogP contribution in [0, 0.1) is 5.82 Å². The topological polar surface area (TPSA) is 74.7 Å². The Kier molecular flexibility index (Phi) is 5.69. The first-order valence-corrected chi connectivity index (χ1v) is 8.86. The predicted octanol–water partition coefficient (Wildman–Crippen LogP) is 3.80. The van der Waals surface area contributed by atoms with E-state index in [2.05, 4.69) is 0 Å². The summed E-state index contributed by atoms with van der Waals surface area (Å²) in [5, 5.41) is 9.09. The fourth-order valence-corrected chi connectivity index (χ4v) is 3.81. The van der Waals surface area contributed by atoms with Crippen molar-refractivity contribution in [3.05, 3.63) is 58.3 Å². The van der Waals surface area contributed by atoms with Crippen LogP contribution in [0.1, 0.15) is 6.42 Å². The van der Waals surface area contributed by atoms with Crippen molar-refractivity contribution in [3.8, 4) is 0 Å². The summed E-state index contributed by atoms with van der Waals surface area (Å²) in [5.74, 6) is -1.70. The molecule has 0 saturated carbocycles. The average Bonchev–Trinajstić information content (AvgIpc) is 2.51. The molecule has 0 spiro atoms. The number of rotatable bonds is 6. The van der Waals surface area contributed by atoms with Gasteiger partial charge in [-0.2, -0.15) is 0 Å². The highest BCUT2D eigenvalue weighted by Crippen LogP contribution is 2.29. The van der Waals surface area contributed by atoms with Crippen molar-refractivity contribution in [3.63, 3.8) is 0 Å². The number of hydrogen-bond acceptors (Lipinski definition) is 3. The number of halogens is 3. The van der Waals surface area contributed by atoms with E-state index in [0.29, 0.717) is 0 Å². The minimum absolute atomic E-state index is 0.0510. The molecule has 0 bridgehead atoms. The van der Waals surface area contributed by atoms with Gasteiger partial charge < -0.3 is 5.11 Å². The van der Waals surface area contributed by atoms with Crippen molar-refractivity contribution < 1.29 is 22.7 Å². The van der Waals surface area contributed by atoms with Crippen LogP contribution in [0.2, 0.25) is 10.0 Å². The van der Waals surface area contributed by atoms with Gasteiger partial charge in [0, 0.05) is 6.54 Å². The molecule has 0 atom stereocenters. The van der Waals surface area contributed by atoms with E-state index in [0.717, 1.165) is 16.4 Å². The first-order chi connectivity index (χ1) is 11.2. The number of carboxylic acid groups (broad SMARTS) is 1. The number of benzene rings is 2. The third-order valence-corrected chi connectivity index (χ3v) is 5.68. The second-order valence-electron chi connectivity index (χ2n) is 4.77. The Bertz CT molecular complexity index is 856. The largest absolute Gasteiger partial charge is 0.481 e. The Morgan fingerprint density at radius 3 is 2.25 bits per heavy atom. The smallest absolute Gasteiger partial charge is 0.305 e. The molecule has 0 heterocycles. The van der Waals surface area contributed by atoms with E-state index in [1.807, 2.05) is 0 Å². The molecule has 5 nitrogen and oxygen atoms in total. The SMILES string of the molecule is O=C(O)CCN(c1ccc(F)cc1)S(=O)(=O)c1ccc(Cl)c(Cl)c1. The van der Waals surface area contributed by atoms with Crippen LogP contribution in [0.3, 0.4) is 0 Å². The van der Waals surface area contributed by atoms with Gasteiger partial charge in [0.15, 0.2) is 0 Å². The summed E-state index contributed by atoms with van der Waals surface area (Å²) in [4.78, 5) is 10.7. The quantitative estimate of drug-likeness (QED) is 0.812. The highest BCUT2D eigenvalue weighted by Gasteiger charge is 2.26. The van der Waals surface area contributed by atoms with Crippen molar-refractivity contribution in [1.29, 1.82) is 0 Å². The first kappa shape index (κ1) is 18.5. The first-order valence-electron chi connectivity index (χ1n) is 6.67. The molecule has 2 aromatic carbocycles. The summed E-state index contributed by atoms with van der Waals surface area (Å²) < 4.78 is 39.6. The van der Waals surface area contributed by atoms with E-state index in [1.165, 1.54) is 30.3 Å². The molecule has 128 valence electrons. The summed E-state index contributed by atoms with van der Waals surface area (Å²) >= 11 is 11.6. The lowest BCUT2D eigenvalue weighted by Gasteiger charge is -2.24. The lowest BCUT2D eigenvalue weighted by Crippen LogP contribution is -2.33. The number of sulfonamides is 1. The molecule has 2 rings (SSSR count). The van der Waals surface area contributed by atoms with Crippen LogP contribution in [-0.4, -0.2) is 26.0 Å². The fraction of sp³-hybridized carbons (Fsp3) is 0.133. The number of carboxylic acids is 1. The monoisotopic (exact) mass is 391 g/mol. The van der Waals surface area contributed by atoms with Gasteiger partial charge in [0.2, 0.25) is 0 Å². The van der Waals surface area contributed by atoms with Crippen LogP contribution in [-0.2, 0) is 14.8 Å². The van der Waals surface area contributed by atoms with E-state index in [9.17, 15) is 17.6 Å². The maximum atomic E-state index is 13.1. The molecule has 0 amide bonds. The molecule has 0 aliphatic carbocycles. The summed E-state index contributed by atoms with van der Waals surface area (Å²) in [6.45, 7) is -0.316. The minimum atomic E-state index is -4.10. The lowest BCUT2D eigenvalue weighted by atomic mass is 10.3. The van der Waals surface area contributed by atoms with Crippen molar-refractivity contribution in [1.82, 2.24) is 0 Å². The van der Waals surface area contributed by atoms with Crippen LogP contribution in [0.15, 0.2) is 47.4 Å². The van der Waals surface area contributed by atoms with Gasteiger partial charge in [-0.25, -0.2) is 12.8 Å². The molecule has 0 unspecified atom stereocenters. The second-order valence-corrected chi connectivity index (χ2v) is 7.45. The molecule has 0 saturated heterocycles. The van der Waals surface area contributed by atoms with Crippen LogP contribution < -0.4 is 4.31 Å². The minimum Gasteiger partial charge on any atom is -0.481 e. The standard InChI is InChI=1S/C15H12Cl2FNO4S/c16-13-6-5-12(9-14(13)17)24(22,23)19(8-7-15(20)21)11-3-1-10(18)2-4-11/h1-6,9H,7-8H2,(H,20,21). The maximum absolute atomic E-state index is 13.1. The highest BCUT2D eigenvalue weighted by molar-refractivity contribution is 7.92. The van der Waals surface area contributed by atoms with E-state index in [4.69, 9.17) is 28.3 Å². The van der Waals surface area contributed by atoms with Crippen LogP contribution in [0.4, 0.5) is 10.1 Å². The number of hydrogen-bond donors (Lipinski definition) is 1. The van der Waals surface area contributed by atoms with Gasteiger partial charge in [0.1, 0.15) is 5.82 Å². The Morgan fingerprint density at radius 2 is 1.71 bits per heavy atom. The normalized spacial score (nSPS) is 11.3. The zero-order valence-electron chi connectivity index (χ0n) is 12.1. The van der Waals surface area contributed by atoms with Crippen molar-refractivity contribution in [2.24, 2.45) is 0 Å². The molecule has 0 radical (unpaired) electrons. The molecule has 24 heavy (non-hydrogen) atoms. The van der Waals surface area contributed by atoms with Gasteiger partial charge >= 0.3 is 5.97 Å². The van der Waals surface area contributed by atoms with Gasteiger partial charge in [0.05, 0.1) is 27.0 Å². The van der Waals surface area contributed by atoms with Crippen LogP contribution in [0.5, 0.6) is 0 Å². The Morgan fingerprint density at radius 1 is 1.08 bits per heavy atom. The van der Waals surface area contributed by atoms with Crippen molar-refractivity contribution >= 4 is 44.9 Å². The molecule has 1 N–H and O–H groups in total. The Labute approximate surface area is 148 Å². The molecule has 0 aromatic heterocycles. The Balaban J connectivity index is 2.49. The number of aliphatic carboxylic acids is 1. The van der Waals surface area contributed by atoms with E-state index in [1.54, 1.807) is 0 Å². The van der Waals surface area contributed by atoms with Gasteiger partial charge in [0.25, 0.3) is 10.0 Å². The van der Waals surface area contributed by atoms with E-state index in [-0.39, 0.29) is 27.2 Å². The summed E-state index contributed by atoms with van der Waals surface area (Å²) in [6.07, 6.45) is -0.419. The summed E-state index contributed by atoms with van der Waals surface area (Å²) in [6, 6.07) is 8.47. The van der Waals surface area contributed by atoms with Gasteiger partial charge in [-0.05, 0) is 42.5 Å². The third kappa shape index (κ3) is 4.17. The number of nitrogens with zero attached hydrogens (tertiary/aromatic N) is 1. The molecule has 0 aliphatic heterocycles. The highest BCUT2D eigenvalue weighted by atomic mass is 35.5. The fourth-order valence-electron chi connectivity index (χ4n) is 1.96. The average molecular weight is 392 g/mol. The molecular formula is C15H12Cl2FNO4S. The Hall–Kier alpha value is -1.83. The van der Waals surface area contributed by atoms with E-state index < -0.39 is 28.2 Å². The van der Waals surface area contributed by atoms with Crippen molar-refractivity contribution in [2.75, 3.05) is 10.8 Å². The van der Waals surface area contributed by atoms with Crippen molar-refractivity contribution in [2.45, 2.75) is 11.3 Å². The third-order valence-electron chi connectivity index (χ3n) is 3.12. The zero-order chi connectivity index (χ0) is 17.9. The molecule has 0 aliphatic rings. The number of anilines is 1. The zero-order valence-corrected chi connectivity index (χ0v) is 14.4.